The first-order valence-corrected chi connectivity index (χ1v) is 8.48. The molecular weight excluding hydrogens is 298 g/mol. The minimum absolute atomic E-state index is 0.167. The third kappa shape index (κ3) is 3.15. The van der Waals surface area contributed by atoms with Crippen LogP contribution in [-0.4, -0.2) is 42.6 Å². The second-order valence-electron chi connectivity index (χ2n) is 6.37. The number of carbonyl (C=O) groups excluding carboxylic acids is 1. The molecule has 2 fully saturated rings. The largest absolute Gasteiger partial charge is 0.371 e. The second kappa shape index (κ2) is 7.05. The Hall–Kier alpha value is -2.33. The first kappa shape index (κ1) is 16.5. The fourth-order valence-corrected chi connectivity index (χ4v) is 3.65. The molecule has 2 saturated heterocycles. The molecule has 0 aliphatic carbocycles. The molecule has 0 unspecified atom stereocenters. The van der Waals surface area contributed by atoms with Crippen LogP contribution in [0.25, 0.3) is 0 Å². The van der Waals surface area contributed by atoms with Gasteiger partial charge in [0.1, 0.15) is 0 Å². The summed E-state index contributed by atoms with van der Waals surface area (Å²) in [6, 6.07) is 10.5. The Labute approximate surface area is 144 Å². The van der Waals surface area contributed by atoms with Crippen LogP contribution in [0.1, 0.15) is 12.8 Å². The topological polar surface area (TPSA) is 35.6 Å². The van der Waals surface area contributed by atoms with E-state index in [-0.39, 0.29) is 11.6 Å². The molecule has 4 nitrogen and oxygen atoms in total. The van der Waals surface area contributed by atoms with Crippen molar-refractivity contribution in [1.82, 2.24) is 10.2 Å². The summed E-state index contributed by atoms with van der Waals surface area (Å²) >= 11 is 0. The molecule has 1 aromatic rings. The van der Waals surface area contributed by atoms with Crippen molar-refractivity contribution in [3.8, 4) is 0 Å². The molecule has 3 rings (SSSR count). The van der Waals surface area contributed by atoms with Gasteiger partial charge in [-0.3, -0.25) is 10.1 Å². The smallest absolute Gasteiger partial charge is 0.238 e. The molecule has 0 radical (unpaired) electrons. The predicted octanol–water partition coefficient (Wildman–Crippen LogP) is 2.71. The average Bonchev–Trinajstić information content (AvgIpc) is 2.92. The van der Waals surface area contributed by atoms with Gasteiger partial charge < -0.3 is 9.80 Å². The Morgan fingerprint density at radius 3 is 2.54 bits per heavy atom. The summed E-state index contributed by atoms with van der Waals surface area (Å²) in [6.07, 6.45) is 7.32. The molecule has 1 amide bonds. The van der Waals surface area contributed by atoms with Crippen molar-refractivity contribution in [3.05, 3.63) is 67.3 Å². The van der Waals surface area contributed by atoms with Gasteiger partial charge in [0.15, 0.2) is 0 Å². The van der Waals surface area contributed by atoms with Crippen LogP contribution in [0.15, 0.2) is 67.3 Å². The lowest BCUT2D eigenvalue weighted by Crippen LogP contribution is -2.59. The van der Waals surface area contributed by atoms with Crippen molar-refractivity contribution in [1.29, 1.82) is 0 Å². The quantitative estimate of drug-likeness (QED) is 0.846. The zero-order chi connectivity index (χ0) is 17.0. The second-order valence-corrected chi connectivity index (χ2v) is 6.37. The Kier molecular flexibility index (Phi) is 4.86. The summed E-state index contributed by atoms with van der Waals surface area (Å²) in [5.41, 5.74) is 2.04. The maximum absolute atomic E-state index is 12.4. The predicted molar refractivity (Wildman–Crippen MR) is 98.8 cm³/mol. The highest BCUT2D eigenvalue weighted by atomic mass is 16.2. The standard InChI is InChI=1S/C20H25N3O/c1-3-8-17(4-2)16-23-19(24)15-21-20(23)11-13-22(14-12-20)18-9-6-5-7-10-18/h3-10,21H,1-2,11-16H2/b17-8+. The number of amides is 1. The van der Waals surface area contributed by atoms with Crippen LogP contribution in [0.5, 0.6) is 0 Å². The summed E-state index contributed by atoms with van der Waals surface area (Å²) < 4.78 is 0. The van der Waals surface area contributed by atoms with E-state index < -0.39 is 0 Å². The van der Waals surface area contributed by atoms with Crippen molar-refractivity contribution in [2.24, 2.45) is 0 Å². The molecule has 2 heterocycles. The van der Waals surface area contributed by atoms with Gasteiger partial charge in [-0.25, -0.2) is 0 Å². The van der Waals surface area contributed by atoms with E-state index in [1.54, 1.807) is 12.2 Å². The van der Waals surface area contributed by atoms with Gasteiger partial charge in [0, 0.05) is 38.2 Å². The highest BCUT2D eigenvalue weighted by Gasteiger charge is 2.46. The Bertz CT molecular complexity index is 642. The summed E-state index contributed by atoms with van der Waals surface area (Å²) in [7, 11) is 0. The Morgan fingerprint density at radius 2 is 1.92 bits per heavy atom. The van der Waals surface area contributed by atoms with Crippen LogP contribution in [0.4, 0.5) is 5.69 Å². The molecule has 24 heavy (non-hydrogen) atoms. The van der Waals surface area contributed by atoms with Crippen molar-refractivity contribution in [2.45, 2.75) is 18.5 Å². The minimum Gasteiger partial charge on any atom is -0.371 e. The van der Waals surface area contributed by atoms with Gasteiger partial charge in [-0.1, -0.05) is 49.6 Å². The SMILES string of the molecule is C=C/C=C(\C=C)CN1C(=O)CNC12CCN(c1ccccc1)CC2. The number of allylic oxidation sites excluding steroid dienone is 2. The minimum atomic E-state index is -0.231. The molecule has 0 aromatic heterocycles. The lowest BCUT2D eigenvalue weighted by atomic mass is 9.95. The zero-order valence-electron chi connectivity index (χ0n) is 14.1. The average molecular weight is 323 g/mol. The summed E-state index contributed by atoms with van der Waals surface area (Å²) in [5, 5.41) is 3.48. The van der Waals surface area contributed by atoms with Crippen molar-refractivity contribution < 1.29 is 4.79 Å². The molecular formula is C20H25N3O. The van der Waals surface area contributed by atoms with E-state index in [1.165, 1.54) is 5.69 Å². The van der Waals surface area contributed by atoms with Crippen LogP contribution in [0, 0.1) is 0 Å². The van der Waals surface area contributed by atoms with Gasteiger partial charge >= 0.3 is 0 Å². The number of para-hydroxylation sites is 1. The molecule has 2 aliphatic rings. The van der Waals surface area contributed by atoms with E-state index in [9.17, 15) is 4.79 Å². The molecule has 0 saturated carbocycles. The van der Waals surface area contributed by atoms with E-state index in [0.29, 0.717) is 13.1 Å². The summed E-state index contributed by atoms with van der Waals surface area (Å²) in [4.78, 5) is 16.8. The van der Waals surface area contributed by atoms with Crippen LogP contribution in [-0.2, 0) is 4.79 Å². The lowest BCUT2D eigenvalue weighted by molar-refractivity contribution is -0.130. The number of nitrogens with zero attached hydrogens (tertiary/aromatic N) is 2. The van der Waals surface area contributed by atoms with E-state index >= 15 is 0 Å². The van der Waals surface area contributed by atoms with E-state index in [1.807, 2.05) is 17.0 Å². The highest BCUT2D eigenvalue weighted by molar-refractivity contribution is 5.82. The molecule has 2 aliphatic heterocycles. The first-order valence-electron chi connectivity index (χ1n) is 8.48. The van der Waals surface area contributed by atoms with Gasteiger partial charge in [-0.2, -0.15) is 0 Å². The van der Waals surface area contributed by atoms with Gasteiger partial charge in [0.05, 0.1) is 12.2 Å². The Morgan fingerprint density at radius 1 is 1.21 bits per heavy atom. The number of hydrogen-bond acceptors (Lipinski definition) is 3. The van der Waals surface area contributed by atoms with E-state index in [4.69, 9.17) is 0 Å². The first-order chi connectivity index (χ1) is 11.7. The summed E-state index contributed by atoms with van der Waals surface area (Å²) in [5.74, 6) is 0.167. The third-order valence-electron chi connectivity index (χ3n) is 5.03. The summed E-state index contributed by atoms with van der Waals surface area (Å²) in [6.45, 7) is 10.5. The van der Waals surface area contributed by atoms with Crippen molar-refractivity contribution >= 4 is 11.6 Å². The maximum atomic E-state index is 12.4. The third-order valence-corrected chi connectivity index (χ3v) is 5.03. The molecule has 126 valence electrons. The number of rotatable bonds is 5. The molecule has 0 bridgehead atoms. The maximum Gasteiger partial charge on any atom is 0.238 e. The van der Waals surface area contributed by atoms with Crippen molar-refractivity contribution in [2.75, 3.05) is 31.1 Å². The number of carbonyl (C=O) groups is 1. The number of benzene rings is 1. The molecule has 1 N–H and O–H groups in total. The van der Waals surface area contributed by atoms with Gasteiger partial charge in [0.2, 0.25) is 5.91 Å². The van der Waals surface area contributed by atoms with Crippen LogP contribution >= 0.6 is 0 Å². The van der Waals surface area contributed by atoms with Crippen LogP contribution < -0.4 is 10.2 Å². The van der Waals surface area contributed by atoms with Crippen molar-refractivity contribution in [3.63, 3.8) is 0 Å². The molecule has 0 atom stereocenters. The fraction of sp³-hybridized carbons (Fsp3) is 0.350. The van der Waals surface area contributed by atoms with E-state index in [0.717, 1.165) is 31.5 Å². The van der Waals surface area contributed by atoms with E-state index in [2.05, 4.69) is 47.6 Å². The number of piperidine rings is 1. The normalized spacial score (nSPS) is 20.5. The molecule has 1 aromatic carbocycles. The zero-order valence-corrected chi connectivity index (χ0v) is 14.1. The number of hydrogen-bond donors (Lipinski definition) is 1. The molecule has 1 spiro atoms. The van der Waals surface area contributed by atoms with Crippen LogP contribution in [0.2, 0.25) is 0 Å². The number of nitrogens with one attached hydrogen (secondary N) is 1. The lowest BCUT2D eigenvalue weighted by Gasteiger charge is -2.45. The molecule has 4 heteroatoms. The fourth-order valence-electron chi connectivity index (χ4n) is 3.65. The highest BCUT2D eigenvalue weighted by Crippen LogP contribution is 2.32. The Balaban J connectivity index is 1.73. The monoisotopic (exact) mass is 323 g/mol. The van der Waals surface area contributed by atoms with Crippen LogP contribution in [0.3, 0.4) is 0 Å². The van der Waals surface area contributed by atoms with Gasteiger partial charge in [-0.05, 0) is 17.7 Å². The van der Waals surface area contributed by atoms with Gasteiger partial charge in [0.25, 0.3) is 0 Å². The number of anilines is 1. The van der Waals surface area contributed by atoms with Gasteiger partial charge in [-0.15, -0.1) is 0 Å².